The first-order chi connectivity index (χ1) is 37.1. The molecule has 0 radical (unpaired) electrons. The third kappa shape index (κ3) is 9.09. The van der Waals surface area contributed by atoms with Crippen molar-refractivity contribution in [2.45, 2.75) is 112 Å². The van der Waals surface area contributed by atoms with Crippen LogP contribution < -0.4 is 35.7 Å². The number of benzene rings is 9. The number of hydrogen-bond acceptors (Lipinski definition) is 4. The van der Waals surface area contributed by atoms with E-state index in [4.69, 9.17) is 9.47 Å². The van der Waals surface area contributed by atoms with Crippen molar-refractivity contribution < 1.29 is 9.47 Å². The molecule has 3 aliphatic rings. The zero-order valence-electron chi connectivity index (χ0n) is 48.0. The number of ether oxygens (including phenoxy) is 2. The average Bonchev–Trinajstić information content (AvgIpc) is 3.10. The van der Waals surface area contributed by atoms with Gasteiger partial charge in [0.1, 0.15) is 13.2 Å². The number of aryl methyl sites for hydroxylation is 1. The van der Waals surface area contributed by atoms with Gasteiger partial charge in [-0.05, 0) is 166 Å². The fourth-order valence-electron chi connectivity index (χ4n) is 12.0. The molecule has 12 rings (SSSR count). The molecule has 390 valence electrons. The molecular formula is C73H73BN2O2. The zero-order valence-corrected chi connectivity index (χ0v) is 48.0. The smallest absolute Gasteiger partial charge is 0.252 e. The topological polar surface area (TPSA) is 24.9 Å². The summed E-state index contributed by atoms with van der Waals surface area (Å²) >= 11 is 0. The summed E-state index contributed by atoms with van der Waals surface area (Å²) in [6.45, 7) is 30.6. The molecule has 0 bridgehead atoms. The van der Waals surface area contributed by atoms with E-state index >= 15 is 0 Å². The van der Waals surface area contributed by atoms with Crippen molar-refractivity contribution in [1.29, 1.82) is 0 Å². The Labute approximate surface area is 464 Å². The lowest BCUT2D eigenvalue weighted by Gasteiger charge is -2.45. The average molecular weight is 1020 g/mol. The Bertz CT molecular complexity index is 3700. The van der Waals surface area contributed by atoms with Crippen LogP contribution >= 0.6 is 0 Å². The fourth-order valence-corrected chi connectivity index (χ4v) is 12.0. The molecule has 0 aliphatic carbocycles. The minimum Gasteiger partial charge on any atom is -0.486 e. The minimum absolute atomic E-state index is 0.0326. The van der Waals surface area contributed by atoms with E-state index in [2.05, 4.69) is 282 Å². The maximum Gasteiger partial charge on any atom is 0.252 e. The van der Waals surface area contributed by atoms with Crippen LogP contribution in [0.2, 0.25) is 0 Å². The van der Waals surface area contributed by atoms with Crippen molar-refractivity contribution in [3.63, 3.8) is 0 Å². The van der Waals surface area contributed by atoms with Gasteiger partial charge in [0.15, 0.2) is 11.5 Å². The van der Waals surface area contributed by atoms with E-state index in [9.17, 15) is 0 Å². The standard InChI is InChI=1S/C73H73BN2O2/c1-46-39-64-67-65(40-46)76(62-35-32-57(73(11,12)13)45-59(62)50-17-15-14-16-18-50)68-61(34-36-66-69(68)78-38-37-77-66)74(67)60-33-25-51(47-19-26-54(27-20-47)70(2,3)4)44-63(60)75(64)58-42-52(48-21-28-55(29-22-48)71(5,6)7)41-53(43-58)49-23-30-56(31-24-49)72(8,9)10/h14-36,39-45H,37-38H2,1-13H3. The van der Waals surface area contributed by atoms with Crippen molar-refractivity contribution in [2.24, 2.45) is 0 Å². The largest absolute Gasteiger partial charge is 0.486 e. The number of rotatable bonds is 6. The molecule has 0 N–H and O–H groups in total. The molecule has 0 saturated heterocycles. The molecule has 3 heterocycles. The molecule has 0 aromatic heterocycles. The van der Waals surface area contributed by atoms with Crippen molar-refractivity contribution in [2.75, 3.05) is 23.0 Å². The van der Waals surface area contributed by atoms with Crippen molar-refractivity contribution in [3.05, 3.63) is 210 Å². The molecule has 0 unspecified atom stereocenters. The van der Waals surface area contributed by atoms with Gasteiger partial charge in [-0.1, -0.05) is 210 Å². The summed E-state index contributed by atoms with van der Waals surface area (Å²) in [7, 11) is 0. The van der Waals surface area contributed by atoms with Crippen LogP contribution in [0.25, 0.3) is 44.5 Å². The van der Waals surface area contributed by atoms with Gasteiger partial charge < -0.3 is 19.3 Å². The lowest BCUT2D eigenvalue weighted by atomic mass is 9.33. The summed E-state index contributed by atoms with van der Waals surface area (Å²) in [6.07, 6.45) is 0. The monoisotopic (exact) mass is 1020 g/mol. The minimum atomic E-state index is -0.132. The number of hydrogen-bond donors (Lipinski definition) is 0. The molecule has 9 aromatic carbocycles. The second-order valence-electron chi connectivity index (χ2n) is 26.2. The van der Waals surface area contributed by atoms with Crippen LogP contribution in [0.1, 0.15) is 111 Å². The molecule has 9 aromatic rings. The highest BCUT2D eigenvalue weighted by Crippen LogP contribution is 2.53. The molecule has 0 atom stereocenters. The van der Waals surface area contributed by atoms with Gasteiger partial charge in [0.25, 0.3) is 6.71 Å². The summed E-state index contributed by atoms with van der Waals surface area (Å²) in [4.78, 5) is 5.11. The number of anilines is 6. The second-order valence-corrected chi connectivity index (χ2v) is 26.2. The number of fused-ring (bicyclic) bond motifs is 6. The van der Waals surface area contributed by atoms with Crippen molar-refractivity contribution in [1.82, 2.24) is 0 Å². The second kappa shape index (κ2) is 18.7. The van der Waals surface area contributed by atoms with Crippen LogP contribution in [-0.2, 0) is 21.7 Å². The zero-order chi connectivity index (χ0) is 54.6. The molecule has 4 nitrogen and oxygen atoms in total. The highest BCUT2D eigenvalue weighted by atomic mass is 16.6. The van der Waals surface area contributed by atoms with E-state index < -0.39 is 0 Å². The highest BCUT2D eigenvalue weighted by molar-refractivity contribution is 7.00. The van der Waals surface area contributed by atoms with Gasteiger partial charge in [-0.25, -0.2) is 0 Å². The Balaban J connectivity index is 1.16. The summed E-state index contributed by atoms with van der Waals surface area (Å²) in [6, 6.07) is 69.5. The van der Waals surface area contributed by atoms with E-state index in [0.29, 0.717) is 13.2 Å². The lowest BCUT2D eigenvalue weighted by molar-refractivity contribution is 0.172. The van der Waals surface area contributed by atoms with Crippen molar-refractivity contribution in [3.8, 4) is 56.0 Å². The van der Waals surface area contributed by atoms with Crippen LogP contribution in [0.3, 0.4) is 0 Å². The van der Waals surface area contributed by atoms with Gasteiger partial charge in [-0.15, -0.1) is 0 Å². The molecule has 0 fully saturated rings. The maximum absolute atomic E-state index is 6.86. The van der Waals surface area contributed by atoms with Gasteiger partial charge >= 0.3 is 0 Å². The molecular weight excluding hydrogens is 948 g/mol. The SMILES string of the molecule is Cc1cc2c3c(c1)N(c1ccc(C(C)(C)C)cc1-c1ccccc1)c1c(ccc4c1OCCO4)B3c1ccc(-c3ccc(C(C)(C)C)cc3)cc1N2c1cc(-c2ccc(C(C)(C)C)cc2)cc(-c2ccc(C(C)(C)C)cc2)c1. The molecule has 5 heteroatoms. The Morgan fingerprint density at radius 2 is 0.859 bits per heavy atom. The molecule has 0 amide bonds. The van der Waals surface area contributed by atoms with E-state index in [1.165, 1.54) is 83.1 Å². The van der Waals surface area contributed by atoms with Crippen LogP contribution in [0.4, 0.5) is 34.1 Å². The Morgan fingerprint density at radius 1 is 0.372 bits per heavy atom. The summed E-state index contributed by atoms with van der Waals surface area (Å²) in [5, 5.41) is 0. The lowest BCUT2D eigenvalue weighted by Crippen LogP contribution is -2.61. The van der Waals surface area contributed by atoms with Gasteiger partial charge in [-0.2, -0.15) is 0 Å². The Hall–Kier alpha value is -7.76. The fraction of sp³-hybridized carbons (Fsp3) is 0.260. The highest BCUT2D eigenvalue weighted by Gasteiger charge is 2.46. The van der Waals surface area contributed by atoms with Crippen LogP contribution in [0.5, 0.6) is 11.5 Å². The van der Waals surface area contributed by atoms with Gasteiger partial charge in [0, 0.05) is 28.3 Å². The third-order valence-electron chi connectivity index (χ3n) is 16.5. The third-order valence-corrected chi connectivity index (χ3v) is 16.5. The predicted octanol–water partition coefficient (Wildman–Crippen LogP) is 17.7. The summed E-state index contributed by atoms with van der Waals surface area (Å²) in [5.41, 5.74) is 26.2. The Morgan fingerprint density at radius 3 is 1.41 bits per heavy atom. The Kier molecular flexibility index (Phi) is 12.2. The maximum atomic E-state index is 6.86. The van der Waals surface area contributed by atoms with E-state index in [0.717, 1.165) is 51.2 Å². The normalized spacial score (nSPS) is 14.0. The molecule has 0 saturated carbocycles. The van der Waals surface area contributed by atoms with Crippen LogP contribution in [0, 0.1) is 6.92 Å². The molecule has 0 spiro atoms. The van der Waals surface area contributed by atoms with Crippen LogP contribution in [0.15, 0.2) is 182 Å². The van der Waals surface area contributed by atoms with Crippen LogP contribution in [-0.4, -0.2) is 19.9 Å². The molecule has 3 aliphatic heterocycles. The first-order valence-corrected chi connectivity index (χ1v) is 28.1. The first-order valence-electron chi connectivity index (χ1n) is 28.1. The quantitative estimate of drug-likeness (QED) is 0.155. The summed E-state index contributed by atoms with van der Waals surface area (Å²) in [5.74, 6) is 1.56. The van der Waals surface area contributed by atoms with Gasteiger partial charge in [0.2, 0.25) is 0 Å². The summed E-state index contributed by atoms with van der Waals surface area (Å²) < 4.78 is 13.3. The van der Waals surface area contributed by atoms with E-state index in [-0.39, 0.29) is 28.4 Å². The van der Waals surface area contributed by atoms with E-state index in [1.807, 2.05) is 0 Å². The van der Waals surface area contributed by atoms with Gasteiger partial charge in [-0.3, -0.25) is 0 Å². The number of nitrogens with zero attached hydrogens (tertiary/aromatic N) is 2. The molecule has 78 heavy (non-hydrogen) atoms. The van der Waals surface area contributed by atoms with Crippen molar-refractivity contribution >= 4 is 57.2 Å². The van der Waals surface area contributed by atoms with Gasteiger partial charge in [0.05, 0.1) is 11.4 Å². The first kappa shape index (κ1) is 51.0. The van der Waals surface area contributed by atoms with E-state index in [1.54, 1.807) is 0 Å². The predicted molar refractivity (Wildman–Crippen MR) is 333 cm³/mol.